The van der Waals surface area contributed by atoms with E-state index in [0.29, 0.717) is 28.5 Å². The summed E-state index contributed by atoms with van der Waals surface area (Å²) in [5.74, 6) is 1.49. The molecular formula is C27H25NO5. The maximum atomic E-state index is 12.8. The lowest BCUT2D eigenvalue weighted by Gasteiger charge is -2.12. The minimum atomic E-state index is -0.295. The summed E-state index contributed by atoms with van der Waals surface area (Å²) in [4.78, 5) is 12.8. The minimum Gasteiger partial charge on any atom is -0.497 e. The number of carbonyl (C=O) groups excluding carboxylic acids is 1. The number of amides is 1. The zero-order valence-corrected chi connectivity index (χ0v) is 19.0. The number of anilines is 1. The number of benzene rings is 3. The van der Waals surface area contributed by atoms with Crippen molar-refractivity contribution in [2.45, 2.75) is 6.92 Å². The molecule has 0 aliphatic carbocycles. The molecular weight excluding hydrogens is 418 g/mol. The molecule has 1 amide bonds. The van der Waals surface area contributed by atoms with Crippen LogP contribution in [0.15, 0.2) is 77.4 Å². The second-order valence-corrected chi connectivity index (χ2v) is 7.45. The predicted molar refractivity (Wildman–Crippen MR) is 130 cm³/mol. The zero-order valence-electron chi connectivity index (χ0n) is 19.0. The van der Waals surface area contributed by atoms with E-state index >= 15 is 0 Å². The van der Waals surface area contributed by atoms with Crippen LogP contribution in [0, 0.1) is 0 Å². The Morgan fingerprint density at radius 3 is 2.36 bits per heavy atom. The Labute approximate surface area is 192 Å². The van der Waals surface area contributed by atoms with E-state index in [1.54, 1.807) is 45.8 Å². The van der Waals surface area contributed by atoms with E-state index in [9.17, 15) is 4.79 Å². The molecule has 0 atom stereocenters. The summed E-state index contributed by atoms with van der Waals surface area (Å²) >= 11 is 0. The van der Waals surface area contributed by atoms with Gasteiger partial charge in [0.25, 0.3) is 0 Å². The number of carbonyl (C=O) groups is 1. The van der Waals surface area contributed by atoms with Gasteiger partial charge in [0.05, 0.1) is 33.3 Å². The van der Waals surface area contributed by atoms with Crippen molar-refractivity contribution in [3.05, 3.63) is 78.6 Å². The standard InChI is InChI=1S/C27H25NO5/c1-17(12-27(29)28-23-13-19(30-2)10-11-24(23)31-3)20-14-21-22(18-8-6-5-7-9-18)16-33-26(21)15-25(20)32-4/h5-16H,1-4H3,(H,28,29)/b17-12+. The van der Waals surface area contributed by atoms with Crippen molar-refractivity contribution in [2.75, 3.05) is 26.6 Å². The van der Waals surface area contributed by atoms with Crippen molar-refractivity contribution in [1.29, 1.82) is 0 Å². The molecule has 4 aromatic rings. The fourth-order valence-electron chi connectivity index (χ4n) is 3.73. The highest BCUT2D eigenvalue weighted by molar-refractivity contribution is 6.06. The van der Waals surface area contributed by atoms with Crippen molar-refractivity contribution in [3.8, 4) is 28.4 Å². The highest BCUT2D eigenvalue weighted by atomic mass is 16.5. The lowest BCUT2D eigenvalue weighted by atomic mass is 9.99. The van der Waals surface area contributed by atoms with E-state index in [1.165, 1.54) is 6.08 Å². The molecule has 0 saturated heterocycles. The first kappa shape index (κ1) is 22.0. The van der Waals surface area contributed by atoms with Crippen LogP contribution in [0.1, 0.15) is 12.5 Å². The lowest BCUT2D eigenvalue weighted by molar-refractivity contribution is -0.111. The number of furan rings is 1. The molecule has 0 bridgehead atoms. The maximum Gasteiger partial charge on any atom is 0.248 e. The van der Waals surface area contributed by atoms with E-state index in [4.69, 9.17) is 18.6 Å². The average Bonchev–Trinajstić information content (AvgIpc) is 3.26. The third-order valence-electron chi connectivity index (χ3n) is 5.42. The van der Waals surface area contributed by atoms with Crippen LogP contribution in [0.3, 0.4) is 0 Å². The van der Waals surface area contributed by atoms with Gasteiger partial charge in [-0.05, 0) is 36.3 Å². The van der Waals surface area contributed by atoms with Crippen LogP contribution < -0.4 is 19.5 Å². The molecule has 0 saturated carbocycles. The Morgan fingerprint density at radius 2 is 1.67 bits per heavy atom. The summed E-state index contributed by atoms with van der Waals surface area (Å²) in [5.41, 5.74) is 4.82. The molecule has 0 unspecified atom stereocenters. The van der Waals surface area contributed by atoms with Gasteiger partial charge in [-0.1, -0.05) is 30.3 Å². The van der Waals surface area contributed by atoms with E-state index < -0.39 is 0 Å². The molecule has 4 rings (SSSR count). The van der Waals surface area contributed by atoms with Crippen molar-refractivity contribution in [3.63, 3.8) is 0 Å². The molecule has 3 aromatic carbocycles. The molecule has 0 fully saturated rings. The van der Waals surface area contributed by atoms with Gasteiger partial charge in [-0.3, -0.25) is 4.79 Å². The number of hydrogen-bond acceptors (Lipinski definition) is 5. The SMILES string of the molecule is COc1ccc(OC)c(NC(=O)/C=C(\C)c2cc3c(-c4ccccc4)coc3cc2OC)c1. The molecule has 0 aliphatic heterocycles. The van der Waals surface area contributed by atoms with Gasteiger partial charge in [-0.2, -0.15) is 0 Å². The monoisotopic (exact) mass is 443 g/mol. The highest BCUT2D eigenvalue weighted by Crippen LogP contribution is 2.37. The van der Waals surface area contributed by atoms with Gasteiger partial charge in [-0.15, -0.1) is 0 Å². The topological polar surface area (TPSA) is 69.9 Å². The van der Waals surface area contributed by atoms with Crippen LogP contribution in [0.2, 0.25) is 0 Å². The Hall–Kier alpha value is -4.19. The Bertz CT molecular complexity index is 1320. The number of fused-ring (bicyclic) bond motifs is 1. The van der Waals surface area contributed by atoms with Gasteiger partial charge in [-0.25, -0.2) is 0 Å². The number of nitrogens with one attached hydrogen (secondary N) is 1. The van der Waals surface area contributed by atoms with E-state index in [1.807, 2.05) is 49.4 Å². The Morgan fingerprint density at radius 1 is 0.909 bits per heavy atom. The third kappa shape index (κ3) is 4.55. The van der Waals surface area contributed by atoms with Crippen molar-refractivity contribution in [2.24, 2.45) is 0 Å². The van der Waals surface area contributed by atoms with E-state index in [-0.39, 0.29) is 5.91 Å². The van der Waals surface area contributed by atoms with Gasteiger partial charge in [0.15, 0.2) is 0 Å². The third-order valence-corrected chi connectivity index (χ3v) is 5.42. The number of ether oxygens (including phenoxy) is 3. The van der Waals surface area contributed by atoms with Crippen LogP contribution in [-0.4, -0.2) is 27.2 Å². The first-order valence-electron chi connectivity index (χ1n) is 10.4. The van der Waals surface area contributed by atoms with E-state index in [0.717, 1.165) is 27.6 Å². The second-order valence-electron chi connectivity index (χ2n) is 7.45. The van der Waals surface area contributed by atoms with Gasteiger partial charge in [0.2, 0.25) is 5.91 Å². The summed E-state index contributed by atoms with van der Waals surface area (Å²) in [5, 5.41) is 3.81. The van der Waals surface area contributed by atoms with Gasteiger partial charge >= 0.3 is 0 Å². The molecule has 33 heavy (non-hydrogen) atoms. The first-order valence-corrected chi connectivity index (χ1v) is 10.4. The summed E-state index contributed by atoms with van der Waals surface area (Å²) in [6.45, 7) is 1.87. The second kappa shape index (κ2) is 9.53. The van der Waals surface area contributed by atoms with Crippen molar-refractivity contribution >= 4 is 28.1 Å². The molecule has 0 radical (unpaired) electrons. The molecule has 0 aliphatic rings. The van der Waals surface area contributed by atoms with Crippen LogP contribution in [-0.2, 0) is 4.79 Å². The number of allylic oxidation sites excluding steroid dienone is 1. The molecule has 168 valence electrons. The quantitative estimate of drug-likeness (QED) is 0.346. The fourth-order valence-corrected chi connectivity index (χ4v) is 3.73. The average molecular weight is 443 g/mol. The van der Waals surface area contributed by atoms with Gasteiger partial charge in [0, 0.05) is 34.7 Å². The lowest BCUT2D eigenvalue weighted by Crippen LogP contribution is -2.10. The number of methoxy groups -OCH3 is 3. The largest absolute Gasteiger partial charge is 0.497 e. The number of rotatable bonds is 7. The molecule has 6 heteroatoms. The molecule has 1 N–H and O–H groups in total. The molecule has 1 heterocycles. The first-order chi connectivity index (χ1) is 16.0. The van der Waals surface area contributed by atoms with Crippen molar-refractivity contribution < 1.29 is 23.4 Å². The maximum absolute atomic E-state index is 12.8. The Balaban J connectivity index is 1.69. The van der Waals surface area contributed by atoms with Crippen LogP contribution in [0.5, 0.6) is 17.2 Å². The summed E-state index contributed by atoms with van der Waals surface area (Å²) in [7, 11) is 4.72. The Kier molecular flexibility index (Phi) is 6.36. The van der Waals surface area contributed by atoms with Crippen LogP contribution in [0.25, 0.3) is 27.7 Å². The number of hydrogen-bond donors (Lipinski definition) is 1. The zero-order chi connectivity index (χ0) is 23.4. The van der Waals surface area contributed by atoms with Crippen molar-refractivity contribution in [1.82, 2.24) is 0 Å². The molecule has 0 spiro atoms. The highest BCUT2D eigenvalue weighted by Gasteiger charge is 2.15. The summed E-state index contributed by atoms with van der Waals surface area (Å²) in [6.07, 6.45) is 3.27. The smallest absolute Gasteiger partial charge is 0.248 e. The normalized spacial score (nSPS) is 11.3. The molecule has 1 aromatic heterocycles. The van der Waals surface area contributed by atoms with Gasteiger partial charge in [0.1, 0.15) is 22.8 Å². The van der Waals surface area contributed by atoms with Crippen LogP contribution in [0.4, 0.5) is 5.69 Å². The minimum absolute atomic E-state index is 0.295. The molecule has 6 nitrogen and oxygen atoms in total. The summed E-state index contributed by atoms with van der Waals surface area (Å²) < 4.78 is 22.0. The fraction of sp³-hybridized carbons (Fsp3) is 0.148. The van der Waals surface area contributed by atoms with Crippen LogP contribution >= 0.6 is 0 Å². The van der Waals surface area contributed by atoms with Gasteiger partial charge < -0.3 is 23.9 Å². The summed E-state index contributed by atoms with van der Waals surface area (Å²) in [6, 6.07) is 19.1. The van der Waals surface area contributed by atoms with E-state index in [2.05, 4.69) is 5.32 Å². The predicted octanol–water partition coefficient (Wildman–Crippen LogP) is 6.17.